The summed E-state index contributed by atoms with van der Waals surface area (Å²) in [6, 6.07) is -2.93. The van der Waals surface area contributed by atoms with Gasteiger partial charge in [-0.15, -0.1) is 0 Å². The lowest BCUT2D eigenvalue weighted by Crippen LogP contribution is -2.55. The van der Waals surface area contributed by atoms with Crippen molar-refractivity contribution in [1.82, 2.24) is 16.0 Å². The molecule has 0 aliphatic rings. The molecule has 0 aliphatic carbocycles. The number of rotatable bonds is 16. The van der Waals surface area contributed by atoms with Crippen LogP contribution in [0.15, 0.2) is 0 Å². The predicted molar refractivity (Wildman–Crippen MR) is 124 cm³/mol. The van der Waals surface area contributed by atoms with E-state index < -0.39 is 47.8 Å². The SMILES string of the molecule is CC(=O)NCCCC[C@H](NC(=O)C(N)C(C)C)C(=O)N[C@@H](CCC(=O)C=[N+]=N)C(=O)OC(C)C. The molecule has 0 heterocycles. The maximum absolute atomic E-state index is 13.0. The molecular weight excluding hydrogens is 444 g/mol. The number of hydrogen-bond acceptors (Lipinski definition) is 8. The number of Topliss-reactive ketones (excluding diaryl/α,β-unsaturated/α-hetero) is 1. The van der Waals surface area contributed by atoms with Crippen molar-refractivity contribution in [2.45, 2.75) is 91.0 Å². The number of hydrogen-bond donors (Lipinski definition) is 5. The van der Waals surface area contributed by atoms with Crippen LogP contribution in [-0.4, -0.2) is 71.3 Å². The number of nitrogens with two attached hydrogens (primary N) is 1. The largest absolute Gasteiger partial charge is 0.461 e. The molecule has 0 fully saturated rings. The highest BCUT2D eigenvalue weighted by molar-refractivity contribution is 6.25. The molecule has 3 amide bonds. The van der Waals surface area contributed by atoms with Gasteiger partial charge in [-0.1, -0.05) is 13.8 Å². The Kier molecular flexibility index (Phi) is 15.0. The van der Waals surface area contributed by atoms with Crippen LogP contribution in [0.25, 0.3) is 0 Å². The highest BCUT2D eigenvalue weighted by Crippen LogP contribution is 2.08. The zero-order chi connectivity index (χ0) is 26.3. The third kappa shape index (κ3) is 13.4. The standard InChI is InChI=1S/C22H38N6O6/c1-13(2)19(23)21(32)27-17(8-6-7-11-25-15(5)29)20(31)28-18(22(33)34-14(3)4)10-9-16(30)12-26-24/h12-14,17-19,24H,6-11,23H2,1-5H3,(H2-,25,27,28,29,31,32)/p+1/t17-,18-,19?/m0/s1. The number of esters is 1. The summed E-state index contributed by atoms with van der Waals surface area (Å²) in [5.41, 5.74) is 12.6. The molecule has 0 aromatic carbocycles. The van der Waals surface area contributed by atoms with Gasteiger partial charge in [0.25, 0.3) is 0 Å². The molecule has 1 unspecified atom stereocenters. The third-order valence-electron chi connectivity index (χ3n) is 4.79. The summed E-state index contributed by atoms with van der Waals surface area (Å²) in [5.74, 6) is -2.62. The first kappa shape index (κ1) is 30.9. The van der Waals surface area contributed by atoms with Crippen LogP contribution in [0.2, 0.25) is 0 Å². The summed E-state index contributed by atoms with van der Waals surface area (Å²) in [6.07, 6.45) is 1.52. The van der Waals surface area contributed by atoms with Crippen LogP contribution in [0.5, 0.6) is 0 Å². The topological polar surface area (TPSA) is 195 Å². The second kappa shape index (κ2) is 16.5. The van der Waals surface area contributed by atoms with Gasteiger partial charge in [-0.3, -0.25) is 19.2 Å². The van der Waals surface area contributed by atoms with Gasteiger partial charge in [0, 0.05) is 19.9 Å². The Bertz CT molecular complexity index is 763. The monoisotopic (exact) mass is 483 g/mol. The van der Waals surface area contributed by atoms with Crippen molar-refractivity contribution in [1.29, 1.82) is 5.53 Å². The van der Waals surface area contributed by atoms with Crippen molar-refractivity contribution < 1.29 is 33.5 Å². The van der Waals surface area contributed by atoms with E-state index in [1.54, 1.807) is 27.7 Å². The van der Waals surface area contributed by atoms with Crippen LogP contribution in [0.4, 0.5) is 0 Å². The van der Waals surface area contributed by atoms with Gasteiger partial charge >= 0.3 is 12.2 Å². The second-order valence-corrected chi connectivity index (χ2v) is 8.62. The highest BCUT2D eigenvalue weighted by Gasteiger charge is 2.30. The minimum atomic E-state index is -1.13. The van der Waals surface area contributed by atoms with Crippen LogP contribution in [-0.2, 0) is 28.7 Å². The number of unbranched alkanes of at least 4 members (excludes halogenated alkanes) is 1. The molecule has 0 saturated carbocycles. The molecule has 6 N–H and O–H groups in total. The summed E-state index contributed by atoms with van der Waals surface area (Å²) in [4.78, 5) is 63.6. The predicted octanol–water partition coefficient (Wildman–Crippen LogP) is -0.143. The van der Waals surface area contributed by atoms with Crippen molar-refractivity contribution in [3.8, 4) is 0 Å². The number of carbonyl (C=O) groups excluding carboxylic acids is 5. The van der Waals surface area contributed by atoms with E-state index in [-0.39, 0.29) is 31.1 Å². The van der Waals surface area contributed by atoms with Crippen molar-refractivity contribution in [2.24, 2.45) is 11.7 Å². The number of carbonyl (C=O) groups is 5. The molecule has 0 spiro atoms. The number of ether oxygens (including phenoxy) is 1. The first-order valence-corrected chi connectivity index (χ1v) is 11.4. The number of ketones is 1. The molecule has 0 rings (SSSR count). The average Bonchev–Trinajstić information content (AvgIpc) is 2.73. The van der Waals surface area contributed by atoms with E-state index in [2.05, 4.69) is 20.7 Å². The number of nitrogens with zero attached hydrogens (tertiary/aromatic N) is 1. The van der Waals surface area contributed by atoms with E-state index in [1.165, 1.54) is 6.92 Å². The molecular formula is C22H39N6O6+. The highest BCUT2D eigenvalue weighted by atomic mass is 16.5. The fourth-order valence-electron chi connectivity index (χ4n) is 2.84. The molecule has 0 saturated heterocycles. The van der Waals surface area contributed by atoms with E-state index in [0.29, 0.717) is 19.4 Å². The van der Waals surface area contributed by atoms with Crippen molar-refractivity contribution in [2.75, 3.05) is 6.54 Å². The van der Waals surface area contributed by atoms with E-state index in [0.717, 1.165) is 6.21 Å². The number of nitrogens with one attached hydrogen (secondary N) is 4. The van der Waals surface area contributed by atoms with Crippen molar-refractivity contribution in [3.63, 3.8) is 0 Å². The molecule has 0 aromatic heterocycles. The summed E-state index contributed by atoms with van der Waals surface area (Å²) in [7, 11) is 0. The van der Waals surface area contributed by atoms with Gasteiger partial charge in [0.2, 0.25) is 23.5 Å². The van der Waals surface area contributed by atoms with E-state index in [9.17, 15) is 24.0 Å². The Morgan fingerprint density at radius 2 is 1.59 bits per heavy atom. The van der Waals surface area contributed by atoms with Gasteiger partial charge in [0.15, 0.2) is 0 Å². The van der Waals surface area contributed by atoms with Gasteiger partial charge in [0.1, 0.15) is 12.1 Å². The second-order valence-electron chi connectivity index (χ2n) is 8.62. The van der Waals surface area contributed by atoms with Crippen LogP contribution in [0, 0.1) is 11.4 Å². The smallest absolute Gasteiger partial charge is 0.372 e. The Labute approximate surface area is 200 Å². The van der Waals surface area contributed by atoms with Gasteiger partial charge in [-0.05, 0) is 45.4 Å². The minimum Gasteiger partial charge on any atom is -0.461 e. The summed E-state index contributed by atoms with van der Waals surface area (Å²) >= 11 is 0. The summed E-state index contributed by atoms with van der Waals surface area (Å²) in [6.45, 7) is 8.69. The molecule has 0 aliphatic heterocycles. The Hall–Kier alpha value is -3.11. The van der Waals surface area contributed by atoms with Gasteiger partial charge in [0.05, 0.1) is 22.5 Å². The first-order valence-electron chi connectivity index (χ1n) is 11.4. The quantitative estimate of drug-likeness (QED) is 0.0662. The zero-order valence-corrected chi connectivity index (χ0v) is 20.7. The van der Waals surface area contributed by atoms with Crippen LogP contribution >= 0.6 is 0 Å². The maximum Gasteiger partial charge on any atom is 0.372 e. The summed E-state index contributed by atoms with van der Waals surface area (Å²) in [5, 5.41) is 7.87. The normalized spacial score (nSPS) is 13.3. The first-order chi connectivity index (χ1) is 15.9. The van der Waals surface area contributed by atoms with Crippen molar-refractivity contribution in [3.05, 3.63) is 0 Å². The lowest BCUT2D eigenvalue weighted by molar-refractivity contribution is -0.152. The third-order valence-corrected chi connectivity index (χ3v) is 4.79. The van der Waals surface area contributed by atoms with E-state index in [4.69, 9.17) is 16.0 Å². The lowest BCUT2D eigenvalue weighted by atomic mass is 10.0. The molecule has 0 bridgehead atoms. The van der Waals surface area contributed by atoms with E-state index in [1.807, 2.05) is 0 Å². The molecule has 192 valence electrons. The minimum absolute atomic E-state index is 0.0587. The molecule has 34 heavy (non-hydrogen) atoms. The van der Waals surface area contributed by atoms with Gasteiger partial charge in [-0.25, -0.2) is 4.79 Å². The fraction of sp³-hybridized carbons (Fsp3) is 0.727. The molecule has 0 radical (unpaired) electrons. The number of amides is 3. The Morgan fingerprint density at radius 1 is 0.971 bits per heavy atom. The fourth-order valence-corrected chi connectivity index (χ4v) is 2.84. The average molecular weight is 484 g/mol. The molecule has 0 aromatic rings. The van der Waals surface area contributed by atoms with Crippen LogP contribution in [0.3, 0.4) is 0 Å². The Morgan fingerprint density at radius 3 is 2.12 bits per heavy atom. The maximum atomic E-state index is 13.0. The van der Waals surface area contributed by atoms with Crippen LogP contribution in [0.1, 0.15) is 66.7 Å². The van der Waals surface area contributed by atoms with Crippen molar-refractivity contribution >= 4 is 35.7 Å². The van der Waals surface area contributed by atoms with Gasteiger partial charge < -0.3 is 26.4 Å². The zero-order valence-electron chi connectivity index (χ0n) is 20.7. The lowest BCUT2D eigenvalue weighted by Gasteiger charge is -2.25. The van der Waals surface area contributed by atoms with E-state index >= 15 is 0 Å². The van der Waals surface area contributed by atoms with Crippen LogP contribution < -0.4 is 21.7 Å². The molecule has 12 nitrogen and oxygen atoms in total. The molecule has 12 heteroatoms. The summed E-state index contributed by atoms with van der Waals surface area (Å²) < 4.78 is 5.19. The Balaban J connectivity index is 5.42. The molecule has 3 atom stereocenters. The van der Waals surface area contributed by atoms with Gasteiger partial charge in [-0.2, -0.15) is 0 Å².